The van der Waals surface area contributed by atoms with E-state index in [0.717, 1.165) is 11.1 Å². The Morgan fingerprint density at radius 3 is 2.73 bits per heavy atom. The van der Waals surface area contributed by atoms with Crippen LogP contribution in [0.15, 0.2) is 24.3 Å². The Morgan fingerprint density at radius 2 is 2.09 bits per heavy atom. The molecule has 0 bridgehead atoms. The Morgan fingerprint density at radius 1 is 1.36 bits per heavy atom. The van der Waals surface area contributed by atoms with E-state index in [1.807, 2.05) is 24.3 Å². The maximum atomic E-state index is 8.79. The molecule has 0 aromatic heterocycles. The van der Waals surface area contributed by atoms with E-state index in [9.17, 15) is 0 Å². The first-order valence-corrected chi connectivity index (χ1v) is 3.54. The Kier molecular flexibility index (Phi) is 3.08. The molecule has 0 unspecified atom stereocenters. The van der Waals surface area contributed by atoms with Crippen molar-refractivity contribution < 1.29 is 9.84 Å². The highest BCUT2D eigenvalue weighted by Crippen LogP contribution is 2.05. The van der Waals surface area contributed by atoms with Crippen LogP contribution in [0.5, 0.6) is 0 Å². The molecule has 11 heavy (non-hydrogen) atoms. The van der Waals surface area contributed by atoms with Crippen LogP contribution in [0.1, 0.15) is 11.1 Å². The number of benzene rings is 1. The zero-order valence-corrected chi connectivity index (χ0v) is 6.58. The van der Waals surface area contributed by atoms with Gasteiger partial charge >= 0.3 is 0 Å². The molecule has 0 heterocycles. The second-order valence-corrected chi connectivity index (χ2v) is 2.41. The fourth-order valence-corrected chi connectivity index (χ4v) is 0.984. The maximum Gasteiger partial charge on any atom is 0.0713 e. The zero-order valence-electron chi connectivity index (χ0n) is 6.58. The van der Waals surface area contributed by atoms with E-state index in [-0.39, 0.29) is 6.61 Å². The SMILES string of the molecule is COCc1cccc(CO)c1. The first-order chi connectivity index (χ1) is 5.36. The van der Waals surface area contributed by atoms with Gasteiger partial charge in [-0.1, -0.05) is 24.3 Å². The molecular formula is C9H12O2. The smallest absolute Gasteiger partial charge is 0.0713 e. The lowest BCUT2D eigenvalue weighted by Gasteiger charge is -2.00. The molecule has 2 heteroatoms. The van der Waals surface area contributed by atoms with E-state index in [4.69, 9.17) is 9.84 Å². The van der Waals surface area contributed by atoms with Crippen LogP contribution < -0.4 is 0 Å². The van der Waals surface area contributed by atoms with Gasteiger partial charge in [0.05, 0.1) is 13.2 Å². The van der Waals surface area contributed by atoms with E-state index in [1.54, 1.807) is 7.11 Å². The molecule has 1 rings (SSSR count). The molecule has 0 aliphatic heterocycles. The second-order valence-electron chi connectivity index (χ2n) is 2.41. The molecule has 0 amide bonds. The van der Waals surface area contributed by atoms with E-state index >= 15 is 0 Å². The van der Waals surface area contributed by atoms with Crippen LogP contribution >= 0.6 is 0 Å². The standard InChI is InChI=1S/C9H12O2/c1-11-7-9-4-2-3-8(5-9)6-10/h2-5,10H,6-7H2,1H3. The molecule has 1 aromatic carbocycles. The summed E-state index contributed by atoms with van der Waals surface area (Å²) in [6.07, 6.45) is 0. The molecule has 0 fully saturated rings. The van der Waals surface area contributed by atoms with Gasteiger partial charge < -0.3 is 9.84 Å². The first-order valence-electron chi connectivity index (χ1n) is 3.54. The number of rotatable bonds is 3. The van der Waals surface area contributed by atoms with E-state index in [1.165, 1.54) is 0 Å². The average molecular weight is 152 g/mol. The predicted molar refractivity (Wildman–Crippen MR) is 43.1 cm³/mol. The highest BCUT2D eigenvalue weighted by atomic mass is 16.5. The third-order valence-corrected chi connectivity index (χ3v) is 1.48. The summed E-state index contributed by atoms with van der Waals surface area (Å²) in [4.78, 5) is 0. The lowest BCUT2D eigenvalue weighted by Crippen LogP contribution is -1.89. The van der Waals surface area contributed by atoms with Crippen molar-refractivity contribution in [3.05, 3.63) is 35.4 Å². The Balaban J connectivity index is 2.74. The fourth-order valence-electron chi connectivity index (χ4n) is 0.984. The van der Waals surface area contributed by atoms with Crippen LogP contribution in [0.25, 0.3) is 0 Å². The van der Waals surface area contributed by atoms with E-state index < -0.39 is 0 Å². The summed E-state index contributed by atoms with van der Waals surface area (Å²) < 4.78 is 4.95. The van der Waals surface area contributed by atoms with Gasteiger partial charge in [-0.05, 0) is 11.1 Å². The quantitative estimate of drug-likeness (QED) is 0.708. The normalized spacial score (nSPS) is 10.0. The summed E-state index contributed by atoms with van der Waals surface area (Å²) in [5, 5.41) is 8.79. The number of aliphatic hydroxyl groups excluding tert-OH is 1. The summed E-state index contributed by atoms with van der Waals surface area (Å²) in [5.41, 5.74) is 2.03. The Labute approximate surface area is 66.4 Å². The Hall–Kier alpha value is -0.860. The number of aliphatic hydroxyl groups is 1. The maximum absolute atomic E-state index is 8.79. The largest absolute Gasteiger partial charge is 0.392 e. The molecule has 0 atom stereocenters. The number of hydrogen-bond donors (Lipinski definition) is 1. The van der Waals surface area contributed by atoms with Gasteiger partial charge in [0.15, 0.2) is 0 Å². The van der Waals surface area contributed by atoms with Gasteiger partial charge in [0.1, 0.15) is 0 Å². The lowest BCUT2D eigenvalue weighted by atomic mass is 10.1. The van der Waals surface area contributed by atoms with Crippen molar-refractivity contribution in [2.75, 3.05) is 7.11 Å². The van der Waals surface area contributed by atoms with Crippen LogP contribution in [0.4, 0.5) is 0 Å². The van der Waals surface area contributed by atoms with Crippen LogP contribution in [0.2, 0.25) is 0 Å². The molecule has 0 saturated heterocycles. The van der Waals surface area contributed by atoms with Gasteiger partial charge in [-0.2, -0.15) is 0 Å². The highest BCUT2D eigenvalue weighted by Gasteiger charge is 1.92. The minimum atomic E-state index is 0.0948. The molecule has 0 saturated carbocycles. The van der Waals surface area contributed by atoms with Crippen LogP contribution in [-0.4, -0.2) is 12.2 Å². The van der Waals surface area contributed by atoms with Crippen molar-refractivity contribution in [1.29, 1.82) is 0 Å². The summed E-state index contributed by atoms with van der Waals surface area (Å²) in [6, 6.07) is 7.71. The molecule has 0 aliphatic carbocycles. The monoisotopic (exact) mass is 152 g/mol. The third-order valence-electron chi connectivity index (χ3n) is 1.48. The van der Waals surface area contributed by atoms with Gasteiger partial charge in [-0.3, -0.25) is 0 Å². The van der Waals surface area contributed by atoms with Crippen molar-refractivity contribution in [2.45, 2.75) is 13.2 Å². The molecular weight excluding hydrogens is 140 g/mol. The number of hydrogen-bond acceptors (Lipinski definition) is 2. The molecule has 0 radical (unpaired) electrons. The third kappa shape index (κ3) is 2.33. The molecule has 0 spiro atoms. The van der Waals surface area contributed by atoms with Gasteiger partial charge in [0.25, 0.3) is 0 Å². The van der Waals surface area contributed by atoms with Crippen molar-refractivity contribution in [3.8, 4) is 0 Å². The molecule has 0 aliphatic rings. The van der Waals surface area contributed by atoms with Crippen LogP contribution in [-0.2, 0) is 18.0 Å². The van der Waals surface area contributed by atoms with Gasteiger partial charge in [0.2, 0.25) is 0 Å². The number of ether oxygens (including phenoxy) is 1. The first kappa shape index (κ1) is 8.24. The summed E-state index contributed by atoms with van der Waals surface area (Å²) in [6.45, 7) is 0.700. The van der Waals surface area contributed by atoms with Crippen LogP contribution in [0.3, 0.4) is 0 Å². The number of methoxy groups -OCH3 is 1. The van der Waals surface area contributed by atoms with Crippen LogP contribution in [0, 0.1) is 0 Å². The van der Waals surface area contributed by atoms with Gasteiger partial charge in [-0.25, -0.2) is 0 Å². The summed E-state index contributed by atoms with van der Waals surface area (Å²) in [7, 11) is 1.66. The van der Waals surface area contributed by atoms with Gasteiger partial charge in [-0.15, -0.1) is 0 Å². The van der Waals surface area contributed by atoms with Crippen molar-refractivity contribution in [2.24, 2.45) is 0 Å². The molecule has 1 N–H and O–H groups in total. The van der Waals surface area contributed by atoms with E-state index in [0.29, 0.717) is 6.61 Å². The van der Waals surface area contributed by atoms with Gasteiger partial charge in [0, 0.05) is 7.11 Å². The minimum absolute atomic E-state index is 0.0948. The van der Waals surface area contributed by atoms with Crippen molar-refractivity contribution in [1.82, 2.24) is 0 Å². The van der Waals surface area contributed by atoms with Crippen molar-refractivity contribution >= 4 is 0 Å². The minimum Gasteiger partial charge on any atom is -0.392 e. The van der Waals surface area contributed by atoms with Crippen molar-refractivity contribution in [3.63, 3.8) is 0 Å². The fraction of sp³-hybridized carbons (Fsp3) is 0.333. The van der Waals surface area contributed by atoms with E-state index in [2.05, 4.69) is 0 Å². The molecule has 60 valence electrons. The molecule has 2 nitrogen and oxygen atoms in total. The highest BCUT2D eigenvalue weighted by molar-refractivity contribution is 5.22. The second kappa shape index (κ2) is 4.11. The topological polar surface area (TPSA) is 29.5 Å². The summed E-state index contributed by atoms with van der Waals surface area (Å²) >= 11 is 0. The zero-order chi connectivity index (χ0) is 8.10. The molecule has 1 aromatic rings. The Bertz CT molecular complexity index is 221. The predicted octanol–water partition coefficient (Wildman–Crippen LogP) is 1.33. The average Bonchev–Trinajstić information content (AvgIpc) is 2.06. The summed E-state index contributed by atoms with van der Waals surface area (Å²) in [5.74, 6) is 0. The lowest BCUT2D eigenvalue weighted by molar-refractivity contribution is 0.184.